The van der Waals surface area contributed by atoms with E-state index in [2.05, 4.69) is 24.4 Å². The second-order valence-electron chi connectivity index (χ2n) is 4.33. The van der Waals surface area contributed by atoms with E-state index >= 15 is 0 Å². The van der Waals surface area contributed by atoms with Crippen molar-refractivity contribution in [2.45, 2.75) is 37.8 Å². The summed E-state index contributed by atoms with van der Waals surface area (Å²) in [4.78, 5) is 0. The zero-order chi connectivity index (χ0) is 11.4. The Bertz CT molecular complexity index is 342. The third-order valence-electron chi connectivity index (χ3n) is 3.12. The quantitative estimate of drug-likeness (QED) is 0.841. The summed E-state index contributed by atoms with van der Waals surface area (Å²) in [6, 6.07) is 8.79. The first kappa shape index (κ1) is 12.0. The molecule has 3 heteroatoms. The van der Waals surface area contributed by atoms with Crippen LogP contribution in [0.4, 0.5) is 0 Å². The number of benzene rings is 1. The molecular formula is C13H19NOS. The Morgan fingerprint density at radius 1 is 1.44 bits per heavy atom. The van der Waals surface area contributed by atoms with Gasteiger partial charge in [0.25, 0.3) is 0 Å². The zero-order valence-corrected chi connectivity index (χ0v) is 10.5. The molecule has 1 aromatic carbocycles. The van der Waals surface area contributed by atoms with Gasteiger partial charge in [0.2, 0.25) is 0 Å². The summed E-state index contributed by atoms with van der Waals surface area (Å²) < 4.78 is 0. The zero-order valence-electron chi connectivity index (χ0n) is 9.65. The lowest BCUT2D eigenvalue weighted by Crippen LogP contribution is -2.32. The molecule has 0 aliphatic carbocycles. The van der Waals surface area contributed by atoms with Crippen LogP contribution in [0.3, 0.4) is 0 Å². The van der Waals surface area contributed by atoms with Crippen molar-refractivity contribution in [2.24, 2.45) is 0 Å². The molecule has 1 aromatic rings. The van der Waals surface area contributed by atoms with Crippen LogP contribution in [0.2, 0.25) is 0 Å². The molecule has 1 aliphatic heterocycles. The monoisotopic (exact) mass is 237 g/mol. The van der Waals surface area contributed by atoms with Gasteiger partial charge in [0.15, 0.2) is 0 Å². The molecular weight excluding hydrogens is 218 g/mol. The largest absolute Gasteiger partial charge is 0.392 e. The predicted molar refractivity (Wildman–Crippen MR) is 69.5 cm³/mol. The maximum atomic E-state index is 9.06. The van der Waals surface area contributed by atoms with Gasteiger partial charge in [-0.2, -0.15) is 11.8 Å². The third kappa shape index (κ3) is 3.00. The highest BCUT2D eigenvalue weighted by atomic mass is 32.2. The van der Waals surface area contributed by atoms with E-state index in [1.54, 1.807) is 0 Å². The summed E-state index contributed by atoms with van der Waals surface area (Å²) in [6.45, 7) is 3.33. The summed E-state index contributed by atoms with van der Waals surface area (Å²) in [5.41, 5.74) is 2.25. The van der Waals surface area contributed by atoms with Crippen LogP contribution in [0.5, 0.6) is 0 Å². The molecule has 0 bridgehead atoms. The molecule has 0 aromatic heterocycles. The Hall–Kier alpha value is -0.510. The van der Waals surface area contributed by atoms with Crippen LogP contribution < -0.4 is 5.32 Å². The SMILES string of the molecule is CC1SCCC1NCc1cccc(CO)c1. The molecule has 1 heterocycles. The molecule has 2 atom stereocenters. The number of aliphatic hydroxyl groups excluding tert-OH is 1. The minimum Gasteiger partial charge on any atom is -0.392 e. The summed E-state index contributed by atoms with van der Waals surface area (Å²) in [5, 5.41) is 13.4. The fourth-order valence-corrected chi connectivity index (χ4v) is 3.31. The molecule has 2 rings (SSSR count). The molecule has 16 heavy (non-hydrogen) atoms. The molecule has 0 saturated carbocycles. The van der Waals surface area contributed by atoms with E-state index in [4.69, 9.17) is 5.11 Å². The third-order valence-corrected chi connectivity index (χ3v) is 4.44. The lowest BCUT2D eigenvalue weighted by atomic mass is 10.1. The van der Waals surface area contributed by atoms with Crippen LogP contribution in [0, 0.1) is 0 Å². The van der Waals surface area contributed by atoms with Crippen molar-refractivity contribution in [3.8, 4) is 0 Å². The molecule has 0 spiro atoms. The van der Waals surface area contributed by atoms with Crippen molar-refractivity contribution in [1.29, 1.82) is 0 Å². The number of hydrogen-bond acceptors (Lipinski definition) is 3. The van der Waals surface area contributed by atoms with Gasteiger partial charge in [0, 0.05) is 17.8 Å². The summed E-state index contributed by atoms with van der Waals surface area (Å²) in [7, 11) is 0. The first-order valence-corrected chi connectivity index (χ1v) is 6.88. The summed E-state index contributed by atoms with van der Waals surface area (Å²) in [5.74, 6) is 1.27. The van der Waals surface area contributed by atoms with Crippen LogP contribution >= 0.6 is 11.8 Å². The Balaban J connectivity index is 1.88. The fourth-order valence-electron chi connectivity index (χ4n) is 2.09. The highest BCUT2D eigenvalue weighted by Gasteiger charge is 2.22. The van der Waals surface area contributed by atoms with E-state index in [0.29, 0.717) is 6.04 Å². The summed E-state index contributed by atoms with van der Waals surface area (Å²) >= 11 is 2.05. The van der Waals surface area contributed by atoms with Crippen molar-refractivity contribution in [1.82, 2.24) is 5.32 Å². The Labute approximate surface area is 101 Å². The minimum atomic E-state index is 0.128. The van der Waals surface area contributed by atoms with Crippen molar-refractivity contribution >= 4 is 11.8 Å². The van der Waals surface area contributed by atoms with Gasteiger partial charge in [-0.15, -0.1) is 0 Å². The smallest absolute Gasteiger partial charge is 0.0681 e. The van der Waals surface area contributed by atoms with Crippen molar-refractivity contribution < 1.29 is 5.11 Å². The summed E-state index contributed by atoms with van der Waals surface area (Å²) in [6.07, 6.45) is 1.27. The lowest BCUT2D eigenvalue weighted by molar-refractivity contribution is 0.281. The van der Waals surface area contributed by atoms with Gasteiger partial charge in [-0.05, 0) is 23.3 Å². The Morgan fingerprint density at radius 2 is 2.25 bits per heavy atom. The fraction of sp³-hybridized carbons (Fsp3) is 0.538. The molecule has 2 N–H and O–H groups in total. The average molecular weight is 237 g/mol. The number of aliphatic hydroxyl groups is 1. The standard InChI is InChI=1S/C13H19NOS/c1-10-13(5-6-16-10)14-8-11-3-2-4-12(7-11)9-15/h2-4,7,10,13-15H,5-6,8-9H2,1H3. The van der Waals surface area contributed by atoms with Gasteiger partial charge in [0.05, 0.1) is 6.61 Å². The lowest BCUT2D eigenvalue weighted by Gasteiger charge is -2.16. The maximum Gasteiger partial charge on any atom is 0.0681 e. The van der Waals surface area contributed by atoms with Gasteiger partial charge in [-0.25, -0.2) is 0 Å². The van der Waals surface area contributed by atoms with E-state index in [9.17, 15) is 0 Å². The molecule has 0 radical (unpaired) electrons. The van der Waals surface area contributed by atoms with Crippen LogP contribution in [-0.4, -0.2) is 22.2 Å². The van der Waals surface area contributed by atoms with Crippen molar-refractivity contribution in [3.05, 3.63) is 35.4 Å². The minimum absolute atomic E-state index is 0.128. The topological polar surface area (TPSA) is 32.3 Å². The second-order valence-corrected chi connectivity index (χ2v) is 5.82. The van der Waals surface area contributed by atoms with Gasteiger partial charge in [0.1, 0.15) is 0 Å². The van der Waals surface area contributed by atoms with Gasteiger partial charge < -0.3 is 10.4 Å². The number of rotatable bonds is 4. The van der Waals surface area contributed by atoms with Gasteiger partial charge >= 0.3 is 0 Å². The van der Waals surface area contributed by atoms with Crippen LogP contribution in [0.25, 0.3) is 0 Å². The van der Waals surface area contributed by atoms with Crippen molar-refractivity contribution in [3.63, 3.8) is 0 Å². The molecule has 2 unspecified atom stereocenters. The van der Waals surface area contributed by atoms with E-state index in [0.717, 1.165) is 17.4 Å². The van der Waals surface area contributed by atoms with E-state index in [1.807, 2.05) is 23.9 Å². The number of thioether (sulfide) groups is 1. The van der Waals surface area contributed by atoms with E-state index < -0.39 is 0 Å². The van der Waals surface area contributed by atoms with Gasteiger partial charge in [-0.1, -0.05) is 31.2 Å². The maximum absolute atomic E-state index is 9.06. The average Bonchev–Trinajstić information content (AvgIpc) is 2.72. The number of nitrogens with one attached hydrogen (secondary N) is 1. The van der Waals surface area contributed by atoms with E-state index in [-0.39, 0.29) is 6.61 Å². The Morgan fingerprint density at radius 3 is 2.94 bits per heavy atom. The molecule has 1 saturated heterocycles. The van der Waals surface area contributed by atoms with Crippen LogP contribution in [0.1, 0.15) is 24.5 Å². The molecule has 2 nitrogen and oxygen atoms in total. The predicted octanol–water partition coefficient (Wildman–Crippen LogP) is 2.16. The van der Waals surface area contributed by atoms with Crippen LogP contribution in [0.15, 0.2) is 24.3 Å². The van der Waals surface area contributed by atoms with E-state index in [1.165, 1.54) is 17.7 Å². The molecule has 1 aliphatic rings. The molecule has 1 fully saturated rings. The van der Waals surface area contributed by atoms with Crippen LogP contribution in [-0.2, 0) is 13.2 Å². The van der Waals surface area contributed by atoms with Gasteiger partial charge in [-0.3, -0.25) is 0 Å². The highest BCUT2D eigenvalue weighted by Crippen LogP contribution is 2.26. The first-order valence-electron chi connectivity index (χ1n) is 5.83. The normalized spacial score (nSPS) is 24.9. The second kappa shape index (κ2) is 5.71. The van der Waals surface area contributed by atoms with Crippen molar-refractivity contribution in [2.75, 3.05) is 5.75 Å². The Kier molecular flexibility index (Phi) is 4.27. The number of hydrogen-bond donors (Lipinski definition) is 2. The first-order chi connectivity index (χ1) is 7.79. The molecule has 0 amide bonds. The highest BCUT2D eigenvalue weighted by molar-refractivity contribution is 8.00. The molecule has 88 valence electrons.